The van der Waals surface area contributed by atoms with Gasteiger partial charge in [-0.25, -0.2) is 0 Å². The van der Waals surface area contributed by atoms with Crippen LogP contribution in [0.25, 0.3) is 0 Å². The van der Waals surface area contributed by atoms with E-state index in [-0.39, 0.29) is 0 Å². The molecule has 0 aliphatic heterocycles. The Labute approximate surface area is 52.2 Å². The summed E-state index contributed by atoms with van der Waals surface area (Å²) in [6.07, 6.45) is 2.72. The Kier molecular flexibility index (Phi) is 52.3. The van der Waals surface area contributed by atoms with Crippen LogP contribution in [0, 0.1) is 6.38 Å². The Morgan fingerprint density at radius 2 is 1.50 bits per heavy atom. The molecule has 0 unspecified atom stereocenters. The normalized spacial score (nSPS) is 3.25. The summed E-state index contributed by atoms with van der Waals surface area (Å²) >= 11 is 8.01. The van der Waals surface area contributed by atoms with Crippen molar-refractivity contribution < 1.29 is 14.8 Å². The van der Waals surface area contributed by atoms with Crippen molar-refractivity contribution in [3.05, 3.63) is 6.38 Å². The van der Waals surface area contributed by atoms with Gasteiger partial charge in [0.15, 0.2) is 0 Å². The van der Waals surface area contributed by atoms with E-state index in [0.29, 0.717) is 0 Å². The molecule has 0 heterocycles. The number of rotatable bonds is 0. The second kappa shape index (κ2) is 22.8. The van der Waals surface area contributed by atoms with Gasteiger partial charge in [-0.1, -0.05) is 0 Å². The van der Waals surface area contributed by atoms with Gasteiger partial charge in [-0.05, 0) is 0 Å². The van der Waals surface area contributed by atoms with Gasteiger partial charge in [-0.2, -0.15) is 0 Å². The second-order valence-electron chi connectivity index (χ2n) is 0. The average Bonchev–Trinajstić information content (AvgIpc) is 1.50. The molecule has 0 bridgehead atoms. The van der Waals surface area contributed by atoms with Crippen molar-refractivity contribution in [3.8, 4) is 0 Å². The summed E-state index contributed by atoms with van der Waals surface area (Å²) in [5, 5.41) is 0. The first-order valence-electron chi connectivity index (χ1n) is 0.535. The van der Waals surface area contributed by atoms with Crippen molar-refractivity contribution >= 4 is 31.4 Å². The van der Waals surface area contributed by atoms with E-state index in [2.05, 4.69) is 37.7 Å². The molecule has 0 rings (SSSR count). The predicted octanol–water partition coefficient (Wildman–Crippen LogP) is 1.90. The number of hydrogen-bond donors (Lipinski definition) is 0. The van der Waals surface area contributed by atoms with E-state index >= 15 is 0 Å². The molecule has 0 radical (unpaired) electrons. The van der Waals surface area contributed by atoms with Crippen LogP contribution >= 0.6 is 31.4 Å². The van der Waals surface area contributed by atoms with Crippen molar-refractivity contribution in [2.75, 3.05) is 0 Å². The van der Waals surface area contributed by atoms with Gasteiger partial charge >= 0.3 is 34.5 Å². The molecule has 3 heteroatoms. The molecular weight excluding hydrogens is 240 g/mol. The van der Waals surface area contributed by atoms with Crippen molar-refractivity contribution in [2.45, 2.75) is 0 Å². The summed E-state index contributed by atoms with van der Waals surface area (Å²) in [6.45, 7) is 0. The van der Waals surface area contributed by atoms with Crippen LogP contribution < -0.4 is 0 Å². The van der Waals surface area contributed by atoms with Gasteiger partial charge < -0.3 is 11.6 Å². The average molecular weight is 242 g/mol. The maximum atomic E-state index is 4.39. The van der Waals surface area contributed by atoms with E-state index in [9.17, 15) is 0 Å². The third-order valence-corrected chi connectivity index (χ3v) is 0. The van der Waals surface area contributed by atoms with Gasteiger partial charge in [0, 0.05) is 0 Å². The minimum absolute atomic E-state index is 1.34. The minimum atomic E-state index is 1.34. The van der Waals surface area contributed by atoms with Crippen LogP contribution in [0.2, 0.25) is 0 Å². The first-order chi connectivity index (χ1) is 2.00. The Morgan fingerprint density at radius 3 is 1.50 bits per heavy atom. The third-order valence-electron chi connectivity index (χ3n) is 0. The Morgan fingerprint density at radius 1 is 1.50 bits per heavy atom. The topological polar surface area (TPSA) is 0 Å². The predicted molar refractivity (Wildman–Crippen MR) is 25.2 cm³/mol. The molecule has 0 aliphatic carbocycles. The van der Waals surface area contributed by atoms with Crippen LogP contribution in [0.5, 0.6) is 0 Å². The van der Waals surface area contributed by atoms with Gasteiger partial charge in [0.05, 0.1) is 0 Å². The second-order valence-corrected chi connectivity index (χ2v) is 0. The molecule has 0 fully saturated rings. The molecule has 0 N–H and O–H groups in total. The monoisotopic (exact) mass is 240 g/mol. The van der Waals surface area contributed by atoms with E-state index in [1.807, 2.05) is 0 Å². The molecule has 0 atom stereocenters. The summed E-state index contributed by atoms with van der Waals surface area (Å²) in [7, 11) is 0. The first kappa shape index (κ1) is 9.17. The fourth-order valence-corrected chi connectivity index (χ4v) is 0. The van der Waals surface area contributed by atoms with Gasteiger partial charge in [-0.3, -0.25) is 6.38 Å². The summed E-state index contributed by atoms with van der Waals surface area (Å²) in [6, 6.07) is 0. The number of hydrogen-bond acceptors (Lipinski definition) is 0. The van der Waals surface area contributed by atoms with Crippen LogP contribution in [0.4, 0.5) is 0 Å². The Hall–Kier alpha value is 1.64. The van der Waals surface area contributed by atoms with Crippen LogP contribution in [0.3, 0.4) is 0 Å². The van der Waals surface area contributed by atoms with E-state index in [0.717, 1.165) is 0 Å². The molecule has 0 amide bonds. The van der Waals surface area contributed by atoms with Gasteiger partial charge in [0.2, 0.25) is 0 Å². The van der Waals surface area contributed by atoms with Crippen LogP contribution in [-0.4, -0.2) is 0 Å². The first-order valence-corrected chi connectivity index (χ1v) is 10.1. The summed E-state index contributed by atoms with van der Waals surface area (Å²) in [5.41, 5.74) is 0. The van der Waals surface area contributed by atoms with Crippen LogP contribution in [0.1, 0.15) is 0 Å². The molecule has 0 saturated carbocycles. The quantitative estimate of drug-likeness (QED) is 0.345. The molecule has 0 nitrogen and oxygen atoms in total. The molecule has 0 aromatic heterocycles. The summed E-state index contributed by atoms with van der Waals surface area (Å²) in [4.78, 5) is 0. The SMILES string of the molecule is [CH2-]Cl.[Zn+][I]. The zero-order chi connectivity index (χ0) is 4.00. The van der Waals surface area contributed by atoms with Gasteiger partial charge in [-0.15, -0.1) is 0 Å². The molecule has 0 spiro atoms. The molecule has 0 aromatic carbocycles. The van der Waals surface area contributed by atoms with Crippen LogP contribution in [0.15, 0.2) is 0 Å². The van der Waals surface area contributed by atoms with Crippen molar-refractivity contribution in [1.82, 2.24) is 0 Å². The zero-order valence-corrected chi connectivity index (χ0v) is 8.05. The number of halogens is 2. The summed E-state index contributed by atoms with van der Waals surface area (Å²) < 4.78 is 0. The van der Waals surface area contributed by atoms with E-state index in [1.165, 1.54) is 14.8 Å². The fraction of sp³-hybridized carbons (Fsp3) is 0. The molecule has 0 saturated heterocycles. The summed E-state index contributed by atoms with van der Waals surface area (Å²) in [5.74, 6) is 0. The van der Waals surface area contributed by atoms with E-state index in [1.54, 1.807) is 0 Å². The molecule has 22 valence electrons. The molecule has 0 aliphatic rings. The molecule has 0 aromatic rings. The zero-order valence-electron chi connectivity index (χ0n) is 2.17. The Bertz CT molecular complexity index is 8.00. The van der Waals surface area contributed by atoms with Crippen LogP contribution in [-0.2, 0) is 14.8 Å². The van der Waals surface area contributed by atoms with Crippen molar-refractivity contribution in [1.29, 1.82) is 0 Å². The van der Waals surface area contributed by atoms with Gasteiger partial charge in [0.25, 0.3) is 0 Å². The molecule has 4 heavy (non-hydrogen) atoms. The maximum absolute atomic E-state index is 4.39. The van der Waals surface area contributed by atoms with E-state index < -0.39 is 0 Å². The molecular formula is CH2ClIZn. The van der Waals surface area contributed by atoms with Crippen molar-refractivity contribution in [2.24, 2.45) is 0 Å². The third kappa shape index (κ3) is 9.43. The Balaban J connectivity index is 0. The van der Waals surface area contributed by atoms with Crippen molar-refractivity contribution in [3.63, 3.8) is 0 Å². The van der Waals surface area contributed by atoms with Gasteiger partial charge in [0.1, 0.15) is 0 Å². The standard InChI is InChI=1S/CH2Cl.HI.Zn/c1-2;;/h1H2;1H;/q-1;;+2/p-1. The van der Waals surface area contributed by atoms with E-state index in [4.69, 9.17) is 0 Å². The fourth-order valence-electron chi connectivity index (χ4n) is 0.